The minimum atomic E-state index is 0.520. The fourth-order valence-electron chi connectivity index (χ4n) is 3.10. The molecule has 1 aliphatic heterocycles. The Kier molecular flexibility index (Phi) is 5.98. The number of nitrogens with one attached hydrogen (secondary N) is 1. The lowest BCUT2D eigenvalue weighted by atomic mass is 10.1. The maximum absolute atomic E-state index is 6.18. The van der Waals surface area contributed by atoms with Crippen LogP contribution in [0.25, 0.3) is 0 Å². The third kappa shape index (κ3) is 4.27. The Hall–Kier alpha value is -2.28. The topological polar surface area (TPSA) is 61.6 Å². The third-order valence-corrected chi connectivity index (χ3v) is 4.84. The van der Waals surface area contributed by atoms with E-state index in [1.165, 1.54) is 11.3 Å². The Balaban J connectivity index is 1.66. The van der Waals surface area contributed by atoms with Crippen LogP contribution in [-0.2, 0) is 13.6 Å². The minimum absolute atomic E-state index is 0.520. The summed E-state index contributed by atoms with van der Waals surface area (Å²) in [6, 6.07) is 6.08. The number of aromatic nitrogens is 3. The van der Waals surface area contributed by atoms with Crippen LogP contribution >= 0.6 is 11.6 Å². The van der Waals surface area contributed by atoms with Crippen molar-refractivity contribution in [1.82, 2.24) is 25.0 Å². The second-order valence-corrected chi connectivity index (χ2v) is 6.87. The number of piperazine rings is 1. The normalized spacial score (nSPS) is 15.5. The van der Waals surface area contributed by atoms with Gasteiger partial charge < -0.3 is 19.7 Å². The number of nitrogens with zero attached hydrogens (tertiary/aromatic N) is 6. The van der Waals surface area contributed by atoms with Crippen molar-refractivity contribution >= 4 is 23.2 Å². The Labute approximate surface area is 159 Å². The number of hydrogen-bond acceptors (Lipinski definition) is 4. The molecular weight excluding hydrogens is 350 g/mol. The summed E-state index contributed by atoms with van der Waals surface area (Å²) >= 11 is 6.18. The molecule has 0 aliphatic carbocycles. The van der Waals surface area contributed by atoms with Gasteiger partial charge in [0.1, 0.15) is 12.9 Å². The molecule has 1 saturated heterocycles. The second-order valence-electron chi connectivity index (χ2n) is 6.43. The fourth-order valence-corrected chi connectivity index (χ4v) is 3.27. The van der Waals surface area contributed by atoms with Crippen LogP contribution in [0.5, 0.6) is 0 Å². The first-order valence-electron chi connectivity index (χ1n) is 8.95. The first-order chi connectivity index (χ1) is 12.6. The summed E-state index contributed by atoms with van der Waals surface area (Å²) in [6.07, 6.45) is 1.70. The average Bonchev–Trinajstić information content (AvgIpc) is 3.06. The highest BCUT2D eigenvalue weighted by Gasteiger charge is 2.21. The van der Waals surface area contributed by atoms with Gasteiger partial charge in [0.2, 0.25) is 0 Å². The van der Waals surface area contributed by atoms with Crippen molar-refractivity contribution in [3.05, 3.63) is 40.9 Å². The lowest BCUT2D eigenvalue weighted by molar-refractivity contribution is 0.372. The van der Waals surface area contributed by atoms with Crippen molar-refractivity contribution in [1.29, 1.82) is 0 Å². The molecule has 0 amide bonds. The minimum Gasteiger partial charge on any atom is -0.368 e. The van der Waals surface area contributed by atoms with Crippen LogP contribution in [0.2, 0.25) is 5.02 Å². The lowest BCUT2D eigenvalue weighted by Crippen LogP contribution is -2.52. The van der Waals surface area contributed by atoms with Crippen LogP contribution in [-0.4, -0.2) is 58.3 Å². The summed E-state index contributed by atoms with van der Waals surface area (Å²) in [6.45, 7) is 9.28. The molecule has 8 heteroatoms. The van der Waals surface area contributed by atoms with Crippen LogP contribution in [0.1, 0.15) is 18.3 Å². The third-order valence-electron chi connectivity index (χ3n) is 4.60. The standard InChI is InChI=1S/C18H26ClN7/c1-4-20-18(21-12-17-23-22-13-24(17)3)26-9-7-25(8-10-26)16-11-15(19)6-5-14(16)2/h5-6,11,13H,4,7-10,12H2,1-3H3,(H,20,21). The molecule has 1 N–H and O–H groups in total. The lowest BCUT2D eigenvalue weighted by Gasteiger charge is -2.38. The molecule has 1 aromatic carbocycles. The van der Waals surface area contributed by atoms with Crippen LogP contribution in [0, 0.1) is 6.92 Å². The van der Waals surface area contributed by atoms with Gasteiger partial charge in [0, 0.05) is 50.5 Å². The number of anilines is 1. The smallest absolute Gasteiger partial charge is 0.194 e. The van der Waals surface area contributed by atoms with E-state index in [1.54, 1.807) is 6.33 Å². The molecule has 3 rings (SSSR count). The van der Waals surface area contributed by atoms with Gasteiger partial charge in [-0.2, -0.15) is 0 Å². The molecule has 1 aliphatic rings. The summed E-state index contributed by atoms with van der Waals surface area (Å²) in [4.78, 5) is 9.43. The van der Waals surface area contributed by atoms with Gasteiger partial charge in [-0.05, 0) is 31.5 Å². The van der Waals surface area contributed by atoms with Crippen LogP contribution < -0.4 is 10.2 Å². The Bertz CT molecular complexity index is 763. The van der Waals surface area contributed by atoms with E-state index in [1.807, 2.05) is 17.7 Å². The van der Waals surface area contributed by atoms with Crippen molar-refractivity contribution in [2.75, 3.05) is 37.6 Å². The van der Waals surface area contributed by atoms with Gasteiger partial charge in [0.05, 0.1) is 0 Å². The first-order valence-corrected chi connectivity index (χ1v) is 9.33. The van der Waals surface area contributed by atoms with Gasteiger partial charge in [-0.3, -0.25) is 0 Å². The van der Waals surface area contributed by atoms with E-state index in [0.717, 1.165) is 49.5 Å². The Morgan fingerprint density at radius 1 is 1.27 bits per heavy atom. The van der Waals surface area contributed by atoms with Crippen LogP contribution in [0.3, 0.4) is 0 Å². The monoisotopic (exact) mass is 375 g/mol. The number of guanidine groups is 1. The molecule has 26 heavy (non-hydrogen) atoms. The Morgan fingerprint density at radius 3 is 2.69 bits per heavy atom. The summed E-state index contributed by atoms with van der Waals surface area (Å²) in [7, 11) is 1.93. The maximum atomic E-state index is 6.18. The van der Waals surface area contributed by atoms with E-state index in [2.05, 4.69) is 51.3 Å². The van der Waals surface area contributed by atoms with E-state index in [4.69, 9.17) is 16.6 Å². The molecule has 2 heterocycles. The molecule has 0 atom stereocenters. The van der Waals surface area contributed by atoms with Crippen LogP contribution in [0.15, 0.2) is 29.5 Å². The van der Waals surface area contributed by atoms with Gasteiger partial charge in [0.15, 0.2) is 11.8 Å². The molecule has 2 aromatic rings. The highest BCUT2D eigenvalue weighted by molar-refractivity contribution is 6.30. The highest BCUT2D eigenvalue weighted by atomic mass is 35.5. The summed E-state index contributed by atoms with van der Waals surface area (Å²) < 4.78 is 1.90. The quantitative estimate of drug-likeness (QED) is 0.654. The summed E-state index contributed by atoms with van der Waals surface area (Å²) in [5, 5.41) is 12.2. The van der Waals surface area contributed by atoms with Crippen molar-refractivity contribution in [3.63, 3.8) is 0 Å². The SMILES string of the molecule is CCNC(=NCc1nncn1C)N1CCN(c2cc(Cl)ccc2C)CC1. The van der Waals surface area contributed by atoms with Gasteiger partial charge in [-0.25, -0.2) is 4.99 Å². The summed E-state index contributed by atoms with van der Waals surface area (Å²) in [5.41, 5.74) is 2.48. The van der Waals surface area contributed by atoms with Gasteiger partial charge >= 0.3 is 0 Å². The molecule has 0 unspecified atom stereocenters. The first kappa shape index (κ1) is 18.5. The zero-order valence-electron chi connectivity index (χ0n) is 15.6. The van der Waals surface area contributed by atoms with Gasteiger partial charge in [-0.1, -0.05) is 17.7 Å². The fraction of sp³-hybridized carbons (Fsp3) is 0.500. The van der Waals surface area contributed by atoms with Gasteiger partial charge in [-0.15, -0.1) is 10.2 Å². The maximum Gasteiger partial charge on any atom is 0.194 e. The predicted octanol–water partition coefficient (Wildman–Crippen LogP) is 2.06. The van der Waals surface area contributed by atoms with E-state index < -0.39 is 0 Å². The molecule has 1 fully saturated rings. The van der Waals surface area contributed by atoms with E-state index in [-0.39, 0.29) is 0 Å². The average molecular weight is 376 g/mol. The van der Waals surface area contributed by atoms with E-state index in [0.29, 0.717) is 6.54 Å². The number of rotatable bonds is 4. The Morgan fingerprint density at radius 2 is 2.04 bits per heavy atom. The molecule has 0 bridgehead atoms. The number of hydrogen-bond donors (Lipinski definition) is 1. The summed E-state index contributed by atoms with van der Waals surface area (Å²) in [5.74, 6) is 1.78. The van der Waals surface area contributed by atoms with E-state index >= 15 is 0 Å². The molecule has 0 radical (unpaired) electrons. The van der Waals surface area contributed by atoms with Crippen molar-refractivity contribution in [2.45, 2.75) is 20.4 Å². The molecular formula is C18H26ClN7. The largest absolute Gasteiger partial charge is 0.368 e. The van der Waals surface area contributed by atoms with E-state index in [9.17, 15) is 0 Å². The molecule has 1 aromatic heterocycles. The van der Waals surface area contributed by atoms with Crippen molar-refractivity contribution in [3.8, 4) is 0 Å². The highest BCUT2D eigenvalue weighted by Crippen LogP contribution is 2.25. The molecule has 0 spiro atoms. The van der Waals surface area contributed by atoms with Crippen molar-refractivity contribution in [2.24, 2.45) is 12.0 Å². The van der Waals surface area contributed by atoms with Crippen LogP contribution in [0.4, 0.5) is 5.69 Å². The second kappa shape index (κ2) is 8.40. The zero-order valence-corrected chi connectivity index (χ0v) is 16.4. The molecule has 7 nitrogen and oxygen atoms in total. The molecule has 0 saturated carbocycles. The van der Waals surface area contributed by atoms with Crippen molar-refractivity contribution < 1.29 is 0 Å². The number of halogens is 1. The number of aryl methyl sites for hydroxylation is 2. The number of benzene rings is 1. The number of aliphatic imine (C=N–C) groups is 1. The predicted molar refractivity (Wildman–Crippen MR) is 106 cm³/mol. The van der Waals surface area contributed by atoms with Gasteiger partial charge in [0.25, 0.3) is 0 Å². The molecule has 140 valence electrons. The zero-order chi connectivity index (χ0) is 18.5.